The molecule has 0 amide bonds. The number of hydroxylamine groups is 1. The molecule has 0 fully saturated rings. The average molecular weight is 243 g/mol. The van der Waals surface area contributed by atoms with Crippen molar-refractivity contribution in [3.05, 3.63) is 29.3 Å². The van der Waals surface area contributed by atoms with Crippen molar-refractivity contribution in [3.63, 3.8) is 0 Å². The minimum Gasteiger partial charge on any atom is -0.488 e. The van der Waals surface area contributed by atoms with Gasteiger partial charge in [-0.1, -0.05) is 13.3 Å². The highest BCUT2D eigenvalue weighted by Crippen LogP contribution is 2.40. The van der Waals surface area contributed by atoms with Crippen molar-refractivity contribution in [1.29, 1.82) is 0 Å². The molecule has 3 nitrogen and oxygen atoms in total. The standard InChI is InChI=1S/C12H15F2NO2/c1-3-4-9-12(15-16-2)11-8(14)5-7(13)6-10(11)17-9/h5-6,9,12,15H,3-4H2,1-2H3. The van der Waals surface area contributed by atoms with E-state index in [1.807, 2.05) is 6.92 Å². The highest BCUT2D eigenvalue weighted by Gasteiger charge is 2.36. The Hall–Kier alpha value is -1.20. The third-order valence-electron chi connectivity index (χ3n) is 2.84. The molecule has 1 aromatic carbocycles. The lowest BCUT2D eigenvalue weighted by molar-refractivity contribution is 0.0262. The highest BCUT2D eigenvalue weighted by atomic mass is 19.1. The number of rotatable bonds is 4. The summed E-state index contributed by atoms with van der Waals surface area (Å²) in [6.45, 7) is 2.01. The number of nitrogens with one attached hydrogen (secondary N) is 1. The minimum atomic E-state index is -0.630. The molecular formula is C12H15F2NO2. The summed E-state index contributed by atoms with van der Waals surface area (Å²) in [6, 6.07) is 1.68. The highest BCUT2D eigenvalue weighted by molar-refractivity contribution is 5.42. The molecule has 0 spiro atoms. The number of benzene rings is 1. The van der Waals surface area contributed by atoms with Crippen molar-refractivity contribution >= 4 is 0 Å². The Morgan fingerprint density at radius 3 is 2.82 bits per heavy atom. The van der Waals surface area contributed by atoms with Gasteiger partial charge in [-0.25, -0.2) is 8.78 Å². The van der Waals surface area contributed by atoms with Gasteiger partial charge in [0.2, 0.25) is 0 Å². The molecule has 94 valence electrons. The Kier molecular flexibility index (Phi) is 3.59. The van der Waals surface area contributed by atoms with Crippen molar-refractivity contribution in [2.75, 3.05) is 7.11 Å². The van der Waals surface area contributed by atoms with Crippen molar-refractivity contribution in [3.8, 4) is 5.75 Å². The van der Waals surface area contributed by atoms with Gasteiger partial charge in [0.15, 0.2) is 0 Å². The predicted octanol–water partition coefficient (Wildman–Crippen LogP) is 2.72. The lowest BCUT2D eigenvalue weighted by Gasteiger charge is -2.18. The van der Waals surface area contributed by atoms with E-state index in [0.717, 1.165) is 18.9 Å². The smallest absolute Gasteiger partial charge is 0.134 e. The van der Waals surface area contributed by atoms with E-state index in [1.165, 1.54) is 13.2 Å². The number of hydrogen-bond acceptors (Lipinski definition) is 3. The van der Waals surface area contributed by atoms with Crippen LogP contribution in [0.15, 0.2) is 12.1 Å². The van der Waals surface area contributed by atoms with Crippen LogP contribution in [0.5, 0.6) is 5.75 Å². The van der Waals surface area contributed by atoms with Crippen LogP contribution < -0.4 is 10.2 Å². The Labute approximate surface area is 98.7 Å². The van der Waals surface area contributed by atoms with Gasteiger partial charge in [-0.2, -0.15) is 5.48 Å². The lowest BCUT2D eigenvalue weighted by Crippen LogP contribution is -2.30. The van der Waals surface area contributed by atoms with Crippen LogP contribution in [0.25, 0.3) is 0 Å². The van der Waals surface area contributed by atoms with E-state index in [-0.39, 0.29) is 11.9 Å². The van der Waals surface area contributed by atoms with Crippen molar-refractivity contribution in [2.24, 2.45) is 0 Å². The first kappa shape index (κ1) is 12.3. The van der Waals surface area contributed by atoms with Gasteiger partial charge in [0.1, 0.15) is 29.5 Å². The van der Waals surface area contributed by atoms with E-state index in [4.69, 9.17) is 9.57 Å². The van der Waals surface area contributed by atoms with Crippen LogP contribution in [-0.4, -0.2) is 13.2 Å². The molecule has 5 heteroatoms. The number of hydrogen-bond donors (Lipinski definition) is 1. The van der Waals surface area contributed by atoms with Gasteiger partial charge < -0.3 is 9.57 Å². The van der Waals surface area contributed by atoms with Crippen LogP contribution in [0.4, 0.5) is 8.78 Å². The molecule has 1 aromatic rings. The van der Waals surface area contributed by atoms with Gasteiger partial charge in [-0.15, -0.1) is 0 Å². The van der Waals surface area contributed by atoms with Gasteiger partial charge in [-0.3, -0.25) is 0 Å². The molecule has 2 atom stereocenters. The van der Waals surface area contributed by atoms with Crippen LogP contribution in [0.2, 0.25) is 0 Å². The zero-order valence-electron chi connectivity index (χ0n) is 9.80. The molecule has 0 saturated carbocycles. The first-order chi connectivity index (χ1) is 8.17. The van der Waals surface area contributed by atoms with Crippen LogP contribution in [0.1, 0.15) is 31.4 Å². The number of ether oxygens (including phenoxy) is 1. The van der Waals surface area contributed by atoms with Crippen LogP contribution in [0.3, 0.4) is 0 Å². The third kappa shape index (κ3) is 2.25. The van der Waals surface area contributed by atoms with Gasteiger partial charge in [-0.05, 0) is 6.42 Å². The maximum absolute atomic E-state index is 13.7. The summed E-state index contributed by atoms with van der Waals surface area (Å²) in [4.78, 5) is 4.85. The SMILES string of the molecule is CCCC1Oc2cc(F)cc(F)c2C1NOC. The van der Waals surface area contributed by atoms with Crippen LogP contribution in [0, 0.1) is 11.6 Å². The van der Waals surface area contributed by atoms with Crippen molar-refractivity contribution in [1.82, 2.24) is 5.48 Å². The summed E-state index contributed by atoms with van der Waals surface area (Å²) in [5.74, 6) is -0.974. The molecule has 0 radical (unpaired) electrons. The van der Waals surface area contributed by atoms with Gasteiger partial charge >= 0.3 is 0 Å². The average Bonchev–Trinajstić information content (AvgIpc) is 2.58. The van der Waals surface area contributed by atoms with E-state index >= 15 is 0 Å². The molecule has 1 N–H and O–H groups in total. The van der Waals surface area contributed by atoms with Crippen molar-refractivity contribution in [2.45, 2.75) is 31.9 Å². The monoisotopic (exact) mass is 243 g/mol. The van der Waals surface area contributed by atoms with E-state index in [0.29, 0.717) is 5.56 Å². The molecule has 0 aliphatic carbocycles. The quantitative estimate of drug-likeness (QED) is 0.825. The summed E-state index contributed by atoms with van der Waals surface area (Å²) in [5.41, 5.74) is 3.05. The lowest BCUT2D eigenvalue weighted by atomic mass is 10.0. The largest absolute Gasteiger partial charge is 0.488 e. The molecule has 1 heterocycles. The number of fused-ring (bicyclic) bond motifs is 1. The molecule has 1 aliphatic rings. The van der Waals surface area contributed by atoms with Crippen LogP contribution >= 0.6 is 0 Å². The normalized spacial score (nSPS) is 22.4. The second-order valence-electron chi connectivity index (χ2n) is 4.04. The maximum Gasteiger partial charge on any atom is 0.134 e. The second-order valence-corrected chi connectivity index (χ2v) is 4.04. The summed E-state index contributed by atoms with van der Waals surface area (Å²) in [5, 5.41) is 0. The fourth-order valence-electron chi connectivity index (χ4n) is 2.15. The Balaban J connectivity index is 2.36. The van der Waals surface area contributed by atoms with Crippen LogP contribution in [-0.2, 0) is 4.84 Å². The molecule has 2 rings (SSSR count). The van der Waals surface area contributed by atoms with Gasteiger partial charge in [0, 0.05) is 12.1 Å². The Morgan fingerprint density at radius 2 is 2.18 bits per heavy atom. The van der Waals surface area contributed by atoms with E-state index in [9.17, 15) is 8.78 Å². The molecule has 1 aliphatic heterocycles. The van der Waals surface area contributed by atoms with E-state index in [1.54, 1.807) is 0 Å². The van der Waals surface area contributed by atoms with E-state index in [2.05, 4.69) is 5.48 Å². The molecule has 0 aromatic heterocycles. The second kappa shape index (κ2) is 4.98. The van der Waals surface area contributed by atoms with Crippen molar-refractivity contribution < 1.29 is 18.4 Å². The molecule has 0 saturated heterocycles. The first-order valence-electron chi connectivity index (χ1n) is 5.61. The summed E-state index contributed by atoms with van der Waals surface area (Å²) < 4.78 is 32.4. The third-order valence-corrected chi connectivity index (χ3v) is 2.84. The zero-order chi connectivity index (χ0) is 12.4. The molecule has 17 heavy (non-hydrogen) atoms. The summed E-state index contributed by atoms with van der Waals surface area (Å²) in [7, 11) is 1.46. The summed E-state index contributed by atoms with van der Waals surface area (Å²) >= 11 is 0. The van der Waals surface area contributed by atoms with E-state index < -0.39 is 17.7 Å². The zero-order valence-corrected chi connectivity index (χ0v) is 9.80. The summed E-state index contributed by atoms with van der Waals surface area (Å²) in [6.07, 6.45) is 1.41. The topological polar surface area (TPSA) is 30.5 Å². The fourth-order valence-corrected chi connectivity index (χ4v) is 2.15. The minimum absolute atomic E-state index is 0.230. The number of halogens is 2. The first-order valence-corrected chi connectivity index (χ1v) is 5.61. The maximum atomic E-state index is 13.7. The van der Waals surface area contributed by atoms with Gasteiger partial charge in [0.05, 0.1) is 12.7 Å². The van der Waals surface area contributed by atoms with Gasteiger partial charge in [0.25, 0.3) is 0 Å². The Bertz CT molecular complexity index is 412. The molecule has 2 unspecified atom stereocenters. The fraction of sp³-hybridized carbons (Fsp3) is 0.500. The Morgan fingerprint density at radius 1 is 1.41 bits per heavy atom. The molecule has 0 bridgehead atoms. The molecular weight excluding hydrogens is 228 g/mol. The predicted molar refractivity (Wildman–Crippen MR) is 58.6 cm³/mol.